The SMILES string of the molecule is NCc1ccc(S(=O)(=O)NC2CCN3CCCC3C2)cn1. The van der Waals surface area contributed by atoms with E-state index in [1.807, 2.05) is 0 Å². The van der Waals surface area contributed by atoms with Gasteiger partial charge in [0.05, 0.1) is 5.69 Å². The highest BCUT2D eigenvalue weighted by Gasteiger charge is 2.33. The van der Waals surface area contributed by atoms with Crippen molar-refractivity contribution in [2.24, 2.45) is 5.73 Å². The Balaban J connectivity index is 1.67. The Morgan fingerprint density at radius 2 is 2.19 bits per heavy atom. The Bertz CT molecular complexity index is 587. The first-order chi connectivity index (χ1) is 10.1. The molecule has 2 atom stereocenters. The van der Waals surface area contributed by atoms with Crippen LogP contribution in [0.15, 0.2) is 23.2 Å². The molecular weight excluding hydrogens is 288 g/mol. The molecule has 3 N–H and O–H groups in total. The van der Waals surface area contributed by atoms with E-state index >= 15 is 0 Å². The molecule has 0 aliphatic carbocycles. The number of hydrogen-bond donors (Lipinski definition) is 2. The number of nitrogens with two attached hydrogens (primary N) is 1. The molecule has 0 radical (unpaired) electrons. The standard InChI is InChI=1S/C14H22N4O2S/c15-9-12-3-4-14(10-16-12)21(19,20)17-11-5-7-18-6-1-2-13(18)8-11/h3-4,10-11,13,17H,1-2,5-9,15H2. The van der Waals surface area contributed by atoms with E-state index in [0.717, 1.165) is 25.9 Å². The second-order valence-electron chi connectivity index (χ2n) is 5.86. The maximum absolute atomic E-state index is 12.4. The van der Waals surface area contributed by atoms with Gasteiger partial charge in [0, 0.05) is 24.8 Å². The van der Waals surface area contributed by atoms with Crippen molar-refractivity contribution in [1.82, 2.24) is 14.6 Å². The predicted molar refractivity (Wildman–Crippen MR) is 80.1 cm³/mol. The number of aromatic nitrogens is 1. The van der Waals surface area contributed by atoms with Gasteiger partial charge in [-0.25, -0.2) is 13.1 Å². The van der Waals surface area contributed by atoms with Crippen LogP contribution in [0.25, 0.3) is 0 Å². The molecule has 0 aromatic carbocycles. The van der Waals surface area contributed by atoms with Gasteiger partial charge in [-0.3, -0.25) is 4.98 Å². The van der Waals surface area contributed by atoms with Crippen molar-refractivity contribution in [1.29, 1.82) is 0 Å². The summed E-state index contributed by atoms with van der Waals surface area (Å²) in [5.41, 5.74) is 6.16. The molecule has 0 bridgehead atoms. The summed E-state index contributed by atoms with van der Waals surface area (Å²) >= 11 is 0. The molecule has 21 heavy (non-hydrogen) atoms. The summed E-state index contributed by atoms with van der Waals surface area (Å²) in [6.07, 6.45) is 5.59. The van der Waals surface area contributed by atoms with Crippen LogP contribution in [0.2, 0.25) is 0 Å². The van der Waals surface area contributed by atoms with Crippen molar-refractivity contribution in [3.05, 3.63) is 24.0 Å². The summed E-state index contributed by atoms with van der Waals surface area (Å²) in [5.74, 6) is 0. The van der Waals surface area contributed by atoms with Gasteiger partial charge in [0.1, 0.15) is 4.90 Å². The zero-order valence-corrected chi connectivity index (χ0v) is 12.8. The minimum Gasteiger partial charge on any atom is -0.325 e. The van der Waals surface area contributed by atoms with E-state index in [0.29, 0.717) is 18.3 Å². The van der Waals surface area contributed by atoms with Crippen LogP contribution < -0.4 is 10.5 Å². The van der Waals surface area contributed by atoms with Gasteiger partial charge in [-0.1, -0.05) is 0 Å². The van der Waals surface area contributed by atoms with E-state index in [9.17, 15) is 8.42 Å². The third kappa shape index (κ3) is 3.26. The highest BCUT2D eigenvalue weighted by molar-refractivity contribution is 7.89. The van der Waals surface area contributed by atoms with Gasteiger partial charge in [-0.05, 0) is 50.9 Å². The number of nitrogens with zero attached hydrogens (tertiary/aromatic N) is 2. The lowest BCUT2D eigenvalue weighted by Crippen LogP contribution is -2.47. The van der Waals surface area contributed by atoms with Gasteiger partial charge in [0.15, 0.2) is 0 Å². The number of hydrogen-bond acceptors (Lipinski definition) is 5. The average Bonchev–Trinajstić information content (AvgIpc) is 2.94. The highest BCUT2D eigenvalue weighted by atomic mass is 32.2. The fraction of sp³-hybridized carbons (Fsp3) is 0.643. The van der Waals surface area contributed by atoms with E-state index in [-0.39, 0.29) is 10.9 Å². The minimum atomic E-state index is -3.49. The molecule has 0 spiro atoms. The third-order valence-corrected chi connectivity index (χ3v) is 5.97. The molecule has 116 valence electrons. The van der Waals surface area contributed by atoms with Crippen LogP contribution in [0.4, 0.5) is 0 Å². The lowest BCUT2D eigenvalue weighted by atomic mass is 9.99. The number of piperidine rings is 1. The van der Waals surface area contributed by atoms with Gasteiger partial charge >= 0.3 is 0 Å². The number of rotatable bonds is 4. The average molecular weight is 310 g/mol. The lowest BCUT2D eigenvalue weighted by molar-refractivity contribution is 0.176. The Morgan fingerprint density at radius 3 is 2.90 bits per heavy atom. The van der Waals surface area contributed by atoms with Crippen molar-refractivity contribution in [2.45, 2.75) is 49.2 Å². The van der Waals surface area contributed by atoms with Crippen LogP contribution in [0.1, 0.15) is 31.4 Å². The van der Waals surface area contributed by atoms with Crippen LogP contribution in [0, 0.1) is 0 Å². The summed E-state index contributed by atoms with van der Waals surface area (Å²) < 4.78 is 27.6. The summed E-state index contributed by atoms with van der Waals surface area (Å²) in [6.45, 7) is 2.46. The van der Waals surface area contributed by atoms with Crippen molar-refractivity contribution in [3.63, 3.8) is 0 Å². The van der Waals surface area contributed by atoms with Gasteiger partial charge in [0.25, 0.3) is 0 Å². The number of fused-ring (bicyclic) bond motifs is 1. The minimum absolute atomic E-state index is 0.0311. The molecule has 2 aliphatic rings. The second-order valence-corrected chi connectivity index (χ2v) is 7.58. The van der Waals surface area contributed by atoms with Gasteiger partial charge in [-0.15, -0.1) is 0 Å². The van der Waals surface area contributed by atoms with E-state index in [4.69, 9.17) is 5.73 Å². The molecule has 2 fully saturated rings. The van der Waals surface area contributed by atoms with Gasteiger partial charge < -0.3 is 10.6 Å². The molecule has 2 unspecified atom stereocenters. The van der Waals surface area contributed by atoms with Crippen LogP contribution in [-0.2, 0) is 16.6 Å². The molecule has 1 aromatic rings. The maximum atomic E-state index is 12.4. The van der Waals surface area contributed by atoms with E-state index in [2.05, 4.69) is 14.6 Å². The third-order valence-electron chi connectivity index (χ3n) is 4.46. The number of sulfonamides is 1. The molecular formula is C14H22N4O2S. The van der Waals surface area contributed by atoms with Crippen molar-refractivity contribution < 1.29 is 8.42 Å². The van der Waals surface area contributed by atoms with E-state index < -0.39 is 10.0 Å². The first kappa shape index (κ1) is 14.9. The fourth-order valence-electron chi connectivity index (χ4n) is 3.31. The molecule has 2 aliphatic heterocycles. The maximum Gasteiger partial charge on any atom is 0.242 e. The summed E-state index contributed by atoms with van der Waals surface area (Å²) in [6, 6.07) is 3.81. The molecule has 6 nitrogen and oxygen atoms in total. The molecule has 7 heteroatoms. The van der Waals surface area contributed by atoms with Gasteiger partial charge in [-0.2, -0.15) is 0 Å². The highest BCUT2D eigenvalue weighted by Crippen LogP contribution is 2.27. The summed E-state index contributed by atoms with van der Waals surface area (Å²) in [5, 5.41) is 0. The van der Waals surface area contributed by atoms with Crippen molar-refractivity contribution in [2.75, 3.05) is 13.1 Å². The van der Waals surface area contributed by atoms with Crippen LogP contribution in [-0.4, -0.2) is 43.5 Å². The Kier molecular flexibility index (Phi) is 4.26. The quantitative estimate of drug-likeness (QED) is 0.843. The lowest BCUT2D eigenvalue weighted by Gasteiger charge is -2.34. The normalized spacial score (nSPS) is 26.7. The van der Waals surface area contributed by atoms with Gasteiger partial charge in [0.2, 0.25) is 10.0 Å². The molecule has 3 heterocycles. The van der Waals surface area contributed by atoms with Crippen molar-refractivity contribution >= 4 is 10.0 Å². The molecule has 1 aromatic heterocycles. The number of nitrogens with one attached hydrogen (secondary N) is 1. The smallest absolute Gasteiger partial charge is 0.242 e. The number of pyridine rings is 1. The Morgan fingerprint density at radius 1 is 1.33 bits per heavy atom. The second kappa shape index (κ2) is 6.00. The molecule has 3 rings (SSSR count). The zero-order chi connectivity index (χ0) is 14.9. The van der Waals surface area contributed by atoms with Crippen LogP contribution >= 0.6 is 0 Å². The van der Waals surface area contributed by atoms with Crippen molar-refractivity contribution in [3.8, 4) is 0 Å². The zero-order valence-electron chi connectivity index (χ0n) is 12.0. The Hall–Kier alpha value is -1.02. The monoisotopic (exact) mass is 310 g/mol. The first-order valence-electron chi connectivity index (χ1n) is 7.50. The van der Waals surface area contributed by atoms with Crippen LogP contribution in [0.5, 0.6) is 0 Å². The Labute approximate surface area is 125 Å². The van der Waals surface area contributed by atoms with Crippen LogP contribution in [0.3, 0.4) is 0 Å². The van der Waals surface area contributed by atoms with E-state index in [1.54, 1.807) is 12.1 Å². The molecule has 0 amide bonds. The van der Waals surface area contributed by atoms with E-state index in [1.165, 1.54) is 19.0 Å². The predicted octanol–water partition coefficient (Wildman–Crippen LogP) is 0.445. The molecule has 2 saturated heterocycles. The first-order valence-corrected chi connectivity index (χ1v) is 8.98. The summed E-state index contributed by atoms with van der Waals surface area (Å²) in [7, 11) is -3.49. The summed E-state index contributed by atoms with van der Waals surface area (Å²) in [4.78, 5) is 6.75. The largest absolute Gasteiger partial charge is 0.325 e. The molecule has 0 saturated carbocycles. The fourth-order valence-corrected chi connectivity index (χ4v) is 4.54. The topological polar surface area (TPSA) is 88.3 Å².